The van der Waals surface area contributed by atoms with Crippen molar-refractivity contribution in [1.82, 2.24) is 0 Å². The molecule has 0 saturated carbocycles. The molecule has 0 spiro atoms. The van der Waals surface area contributed by atoms with E-state index in [2.05, 4.69) is 6.07 Å². The first kappa shape index (κ1) is 11.2. The van der Waals surface area contributed by atoms with E-state index in [1.54, 1.807) is 0 Å². The van der Waals surface area contributed by atoms with E-state index in [9.17, 15) is 4.79 Å². The molecule has 1 aromatic heterocycles. The molecule has 16 heavy (non-hydrogen) atoms. The topological polar surface area (TPSA) is 30.2 Å². The molecule has 2 aromatic rings. The van der Waals surface area contributed by atoms with Gasteiger partial charge in [-0.05, 0) is 49.6 Å². The van der Waals surface area contributed by atoms with Crippen LogP contribution in [0.15, 0.2) is 16.5 Å². The lowest BCUT2D eigenvalue weighted by atomic mass is 10.0. The van der Waals surface area contributed by atoms with Gasteiger partial charge in [-0.2, -0.15) is 0 Å². The Morgan fingerprint density at radius 1 is 1.31 bits per heavy atom. The highest BCUT2D eigenvalue weighted by Crippen LogP contribution is 2.30. The summed E-state index contributed by atoms with van der Waals surface area (Å²) < 4.78 is 5.65. The fraction of sp³-hybridized carbons (Fsp3) is 0.308. The average molecular weight is 237 g/mol. The minimum atomic E-state index is -0.356. The Morgan fingerprint density at radius 2 is 2.00 bits per heavy atom. The summed E-state index contributed by atoms with van der Waals surface area (Å²) in [5.74, 6) is 0.776. The van der Waals surface area contributed by atoms with Crippen LogP contribution in [-0.4, -0.2) is 5.24 Å². The molecule has 3 heteroatoms. The number of furan rings is 1. The number of halogens is 1. The molecule has 0 saturated heterocycles. The number of carbonyl (C=O) groups is 1. The highest BCUT2D eigenvalue weighted by molar-refractivity contribution is 6.63. The average Bonchev–Trinajstić information content (AvgIpc) is 2.41. The van der Waals surface area contributed by atoms with Crippen LogP contribution in [0.1, 0.15) is 22.5 Å². The molecule has 0 atom stereocenters. The lowest BCUT2D eigenvalue weighted by molar-refractivity contribution is -0.111. The largest absolute Gasteiger partial charge is 0.461 e. The van der Waals surface area contributed by atoms with Gasteiger partial charge in [-0.3, -0.25) is 4.79 Å². The number of aryl methyl sites for hydroxylation is 3. The maximum atomic E-state index is 11.0. The van der Waals surface area contributed by atoms with E-state index in [-0.39, 0.29) is 11.7 Å². The second kappa shape index (κ2) is 3.95. The van der Waals surface area contributed by atoms with Gasteiger partial charge in [0.1, 0.15) is 11.3 Å². The third-order valence-corrected chi connectivity index (χ3v) is 2.88. The van der Waals surface area contributed by atoms with E-state index in [4.69, 9.17) is 16.0 Å². The number of hydrogen-bond acceptors (Lipinski definition) is 2. The summed E-state index contributed by atoms with van der Waals surface area (Å²) in [6.45, 7) is 5.91. The van der Waals surface area contributed by atoms with Crippen molar-refractivity contribution in [1.29, 1.82) is 0 Å². The summed E-state index contributed by atoms with van der Waals surface area (Å²) in [5, 5.41) is 0.669. The Bertz CT molecular complexity index is 567. The van der Waals surface area contributed by atoms with Crippen LogP contribution in [0.4, 0.5) is 0 Å². The van der Waals surface area contributed by atoms with Crippen molar-refractivity contribution in [2.75, 3.05) is 0 Å². The summed E-state index contributed by atoms with van der Waals surface area (Å²) in [4.78, 5) is 11.0. The lowest BCUT2D eigenvalue weighted by Gasteiger charge is -2.00. The smallest absolute Gasteiger partial charge is 0.226 e. The van der Waals surface area contributed by atoms with Crippen LogP contribution in [0.25, 0.3) is 11.0 Å². The predicted octanol–water partition coefficient (Wildman–Crippen LogP) is 3.67. The molecule has 0 bridgehead atoms. The molecular weight excluding hydrogens is 224 g/mol. The van der Waals surface area contributed by atoms with Crippen LogP contribution in [0, 0.1) is 20.8 Å². The van der Waals surface area contributed by atoms with Gasteiger partial charge in [0.15, 0.2) is 0 Å². The molecule has 84 valence electrons. The third kappa shape index (κ3) is 1.85. The van der Waals surface area contributed by atoms with Crippen LogP contribution in [0.3, 0.4) is 0 Å². The number of benzene rings is 1. The monoisotopic (exact) mass is 236 g/mol. The number of hydrogen-bond donors (Lipinski definition) is 0. The predicted molar refractivity (Wildman–Crippen MR) is 65.0 cm³/mol. The van der Waals surface area contributed by atoms with Crippen LogP contribution in [-0.2, 0) is 11.2 Å². The first-order valence-electron chi connectivity index (χ1n) is 5.16. The highest BCUT2D eigenvalue weighted by Gasteiger charge is 2.15. The molecule has 0 aliphatic heterocycles. The van der Waals surface area contributed by atoms with Crippen LogP contribution >= 0.6 is 11.6 Å². The summed E-state index contributed by atoms with van der Waals surface area (Å²) in [5.41, 5.74) is 4.03. The normalized spacial score (nSPS) is 11.0. The molecule has 2 nitrogen and oxygen atoms in total. The molecule has 0 aliphatic rings. The zero-order valence-electron chi connectivity index (χ0n) is 9.56. The van der Waals surface area contributed by atoms with E-state index in [1.165, 1.54) is 0 Å². The molecule has 1 aromatic carbocycles. The Labute approximate surface area is 99.2 Å². The Morgan fingerprint density at radius 3 is 2.62 bits per heavy atom. The van der Waals surface area contributed by atoms with E-state index in [0.29, 0.717) is 0 Å². The van der Waals surface area contributed by atoms with Crippen LogP contribution in [0.2, 0.25) is 0 Å². The molecule has 0 fully saturated rings. The van der Waals surface area contributed by atoms with Crippen molar-refractivity contribution in [2.24, 2.45) is 0 Å². The molecule has 0 unspecified atom stereocenters. The number of fused-ring (bicyclic) bond motifs is 1. The minimum absolute atomic E-state index is 0.226. The van der Waals surface area contributed by atoms with Gasteiger partial charge >= 0.3 is 0 Å². The Kier molecular flexibility index (Phi) is 2.76. The molecule has 0 radical (unpaired) electrons. The van der Waals surface area contributed by atoms with E-state index in [0.717, 1.165) is 33.4 Å². The Hall–Kier alpha value is -1.28. The van der Waals surface area contributed by atoms with E-state index < -0.39 is 0 Å². The van der Waals surface area contributed by atoms with Gasteiger partial charge in [0.25, 0.3) is 0 Å². The fourth-order valence-corrected chi connectivity index (χ4v) is 2.28. The summed E-state index contributed by atoms with van der Waals surface area (Å²) in [6.07, 6.45) is 0.226. The summed E-state index contributed by atoms with van der Waals surface area (Å²) in [7, 11) is 0. The van der Waals surface area contributed by atoms with E-state index >= 15 is 0 Å². The van der Waals surface area contributed by atoms with Crippen molar-refractivity contribution < 1.29 is 9.21 Å². The van der Waals surface area contributed by atoms with Crippen molar-refractivity contribution in [2.45, 2.75) is 27.2 Å². The molecular formula is C13H13ClO2. The SMILES string of the molecule is Cc1cc(C)c2c(CC(=O)Cl)c(C)oc2c1. The standard InChI is InChI=1S/C13H13ClO2/c1-7-4-8(2)13-10(6-12(14)15)9(3)16-11(13)5-7/h4-5H,6H2,1-3H3. The molecule has 2 rings (SSSR count). The molecule has 0 amide bonds. The first-order valence-corrected chi connectivity index (χ1v) is 5.54. The number of rotatable bonds is 2. The van der Waals surface area contributed by atoms with Crippen molar-refractivity contribution in [3.8, 4) is 0 Å². The lowest BCUT2D eigenvalue weighted by Crippen LogP contribution is -1.95. The maximum Gasteiger partial charge on any atom is 0.226 e. The zero-order chi connectivity index (χ0) is 11.9. The van der Waals surface area contributed by atoms with E-state index in [1.807, 2.05) is 26.8 Å². The van der Waals surface area contributed by atoms with Gasteiger partial charge < -0.3 is 4.42 Å². The Balaban J connectivity index is 2.73. The quantitative estimate of drug-likeness (QED) is 0.745. The minimum Gasteiger partial charge on any atom is -0.461 e. The van der Waals surface area contributed by atoms with Gasteiger partial charge in [-0.25, -0.2) is 0 Å². The third-order valence-electron chi connectivity index (χ3n) is 2.75. The van der Waals surface area contributed by atoms with Crippen LogP contribution < -0.4 is 0 Å². The fourth-order valence-electron chi connectivity index (χ4n) is 2.15. The van der Waals surface area contributed by atoms with Gasteiger partial charge in [0.05, 0.1) is 6.42 Å². The van der Waals surface area contributed by atoms with Gasteiger partial charge in [-0.15, -0.1) is 0 Å². The first-order chi connectivity index (χ1) is 7.49. The summed E-state index contributed by atoms with van der Waals surface area (Å²) in [6, 6.07) is 4.07. The number of carbonyl (C=O) groups excluding carboxylic acids is 1. The highest BCUT2D eigenvalue weighted by atomic mass is 35.5. The molecule has 0 aliphatic carbocycles. The van der Waals surface area contributed by atoms with Gasteiger partial charge in [0.2, 0.25) is 5.24 Å². The second-order valence-corrected chi connectivity index (χ2v) is 4.55. The van der Waals surface area contributed by atoms with Gasteiger partial charge in [-0.1, -0.05) is 6.07 Å². The summed E-state index contributed by atoms with van der Waals surface area (Å²) >= 11 is 5.44. The van der Waals surface area contributed by atoms with Gasteiger partial charge in [0, 0.05) is 10.9 Å². The van der Waals surface area contributed by atoms with Crippen molar-refractivity contribution in [3.63, 3.8) is 0 Å². The zero-order valence-corrected chi connectivity index (χ0v) is 10.3. The van der Waals surface area contributed by atoms with Crippen molar-refractivity contribution in [3.05, 3.63) is 34.6 Å². The van der Waals surface area contributed by atoms with Crippen molar-refractivity contribution >= 4 is 27.8 Å². The maximum absolute atomic E-state index is 11.0. The van der Waals surface area contributed by atoms with Crippen LogP contribution in [0.5, 0.6) is 0 Å². The second-order valence-electron chi connectivity index (χ2n) is 4.12. The molecule has 0 N–H and O–H groups in total. The molecule has 1 heterocycles.